The van der Waals surface area contributed by atoms with E-state index >= 15 is 0 Å². The van der Waals surface area contributed by atoms with Crippen molar-refractivity contribution in [3.05, 3.63) is 36.7 Å². The second-order valence-electron chi connectivity index (χ2n) is 3.50. The van der Waals surface area contributed by atoms with Gasteiger partial charge in [0.1, 0.15) is 5.82 Å². The van der Waals surface area contributed by atoms with Gasteiger partial charge in [-0.1, -0.05) is 5.92 Å². The number of rotatable bonds is 3. The molecule has 0 unspecified atom stereocenters. The van der Waals surface area contributed by atoms with E-state index < -0.39 is 0 Å². The lowest BCUT2D eigenvalue weighted by Crippen LogP contribution is -1.98. The van der Waals surface area contributed by atoms with Crippen molar-refractivity contribution in [1.29, 1.82) is 0 Å². The van der Waals surface area contributed by atoms with Crippen molar-refractivity contribution in [3.8, 4) is 23.7 Å². The molecule has 1 aromatic heterocycles. The van der Waals surface area contributed by atoms with Crippen LogP contribution in [0.15, 0.2) is 36.7 Å². The van der Waals surface area contributed by atoms with Gasteiger partial charge < -0.3 is 9.88 Å². The average Bonchev–Trinajstić information content (AvgIpc) is 2.74. The molecule has 0 aliphatic carbocycles. The smallest absolute Gasteiger partial charge is 0.139 e. The van der Waals surface area contributed by atoms with Gasteiger partial charge in [-0.25, -0.2) is 4.98 Å². The molecule has 0 fully saturated rings. The lowest BCUT2D eigenvalue weighted by atomic mass is 10.2. The van der Waals surface area contributed by atoms with E-state index in [4.69, 9.17) is 6.42 Å². The first-order chi connectivity index (χ1) is 7.81. The monoisotopic (exact) mass is 211 g/mol. The molecule has 0 saturated carbocycles. The van der Waals surface area contributed by atoms with Crippen molar-refractivity contribution >= 4 is 5.69 Å². The molecule has 0 aliphatic heterocycles. The minimum atomic E-state index is 0.543. The minimum Gasteiger partial charge on any atom is -0.374 e. The van der Waals surface area contributed by atoms with Gasteiger partial charge in [-0.05, 0) is 24.3 Å². The SMILES string of the molecule is C#CCNc1ccc(-c2nccn2C)cc1. The maximum Gasteiger partial charge on any atom is 0.139 e. The van der Waals surface area contributed by atoms with Gasteiger partial charge in [-0.2, -0.15) is 0 Å². The highest BCUT2D eigenvalue weighted by Gasteiger charge is 2.02. The Morgan fingerprint density at radius 3 is 2.69 bits per heavy atom. The summed E-state index contributed by atoms with van der Waals surface area (Å²) in [6.45, 7) is 0.543. The number of nitrogens with one attached hydrogen (secondary N) is 1. The van der Waals surface area contributed by atoms with Crippen molar-refractivity contribution in [2.75, 3.05) is 11.9 Å². The fourth-order valence-corrected chi connectivity index (χ4v) is 1.53. The van der Waals surface area contributed by atoms with Gasteiger partial charge in [0.05, 0.1) is 6.54 Å². The minimum absolute atomic E-state index is 0.543. The molecule has 0 saturated heterocycles. The lowest BCUT2D eigenvalue weighted by Gasteiger charge is -2.05. The highest BCUT2D eigenvalue weighted by molar-refractivity contribution is 5.60. The topological polar surface area (TPSA) is 29.9 Å². The standard InChI is InChI=1S/C13H13N3/c1-3-8-14-12-6-4-11(5-7-12)13-15-9-10-16(13)2/h1,4-7,9-10,14H,8H2,2H3. The molecule has 0 aliphatic rings. The highest BCUT2D eigenvalue weighted by Crippen LogP contribution is 2.18. The van der Waals surface area contributed by atoms with Gasteiger partial charge in [0.15, 0.2) is 0 Å². The summed E-state index contributed by atoms with van der Waals surface area (Å²) in [6.07, 6.45) is 8.90. The van der Waals surface area contributed by atoms with Crippen LogP contribution in [0.5, 0.6) is 0 Å². The van der Waals surface area contributed by atoms with Crippen LogP contribution in [0.1, 0.15) is 0 Å². The predicted octanol–water partition coefficient (Wildman–Crippen LogP) is 2.13. The number of imidazole rings is 1. The molecule has 0 spiro atoms. The van der Waals surface area contributed by atoms with E-state index in [9.17, 15) is 0 Å². The Balaban J connectivity index is 2.20. The summed E-state index contributed by atoms with van der Waals surface area (Å²) in [5.74, 6) is 3.50. The van der Waals surface area contributed by atoms with Crippen LogP contribution < -0.4 is 5.32 Å². The van der Waals surface area contributed by atoms with Gasteiger partial charge in [-0.15, -0.1) is 6.42 Å². The summed E-state index contributed by atoms with van der Waals surface area (Å²) < 4.78 is 1.99. The Morgan fingerprint density at radius 1 is 1.38 bits per heavy atom. The van der Waals surface area contributed by atoms with Crippen LogP contribution >= 0.6 is 0 Å². The summed E-state index contributed by atoms with van der Waals surface area (Å²) in [4.78, 5) is 4.29. The molecular weight excluding hydrogens is 198 g/mol. The molecule has 16 heavy (non-hydrogen) atoms. The zero-order valence-electron chi connectivity index (χ0n) is 9.14. The normalized spacial score (nSPS) is 9.75. The number of hydrogen-bond acceptors (Lipinski definition) is 2. The van der Waals surface area contributed by atoms with Gasteiger partial charge in [0.25, 0.3) is 0 Å². The molecule has 1 aromatic carbocycles. The molecule has 1 heterocycles. The summed E-state index contributed by atoms with van der Waals surface area (Å²) in [5.41, 5.74) is 2.12. The number of terminal acetylenes is 1. The van der Waals surface area contributed by atoms with E-state index in [1.54, 1.807) is 6.20 Å². The number of anilines is 1. The second-order valence-corrected chi connectivity index (χ2v) is 3.50. The van der Waals surface area contributed by atoms with Crippen molar-refractivity contribution in [2.45, 2.75) is 0 Å². The Kier molecular flexibility index (Phi) is 2.93. The van der Waals surface area contributed by atoms with Crippen molar-refractivity contribution in [2.24, 2.45) is 7.05 Å². The van der Waals surface area contributed by atoms with Crippen molar-refractivity contribution < 1.29 is 0 Å². The van der Waals surface area contributed by atoms with Crippen LogP contribution in [-0.2, 0) is 7.05 Å². The zero-order valence-corrected chi connectivity index (χ0v) is 9.14. The van der Waals surface area contributed by atoms with Gasteiger partial charge in [0, 0.05) is 30.7 Å². The third kappa shape index (κ3) is 2.06. The van der Waals surface area contributed by atoms with E-state index in [0.29, 0.717) is 6.54 Å². The molecule has 1 N–H and O–H groups in total. The summed E-state index contributed by atoms with van der Waals surface area (Å²) >= 11 is 0. The first-order valence-electron chi connectivity index (χ1n) is 5.06. The van der Waals surface area contributed by atoms with Crippen molar-refractivity contribution in [1.82, 2.24) is 9.55 Å². The zero-order chi connectivity index (χ0) is 11.4. The first-order valence-corrected chi connectivity index (χ1v) is 5.06. The molecule has 0 radical (unpaired) electrons. The molecular formula is C13H13N3. The molecule has 3 heteroatoms. The van der Waals surface area contributed by atoms with Gasteiger partial charge in [-0.3, -0.25) is 0 Å². The van der Waals surface area contributed by atoms with E-state index in [-0.39, 0.29) is 0 Å². The quantitative estimate of drug-likeness (QED) is 0.788. The van der Waals surface area contributed by atoms with Gasteiger partial charge >= 0.3 is 0 Å². The molecule has 0 bridgehead atoms. The Morgan fingerprint density at radius 2 is 2.12 bits per heavy atom. The highest BCUT2D eigenvalue weighted by atomic mass is 15.0. The molecule has 2 rings (SSSR count). The van der Waals surface area contributed by atoms with Crippen LogP contribution in [0.3, 0.4) is 0 Å². The lowest BCUT2D eigenvalue weighted by molar-refractivity contribution is 0.925. The largest absolute Gasteiger partial charge is 0.374 e. The maximum absolute atomic E-state index is 5.18. The average molecular weight is 211 g/mol. The van der Waals surface area contributed by atoms with Gasteiger partial charge in [0.2, 0.25) is 0 Å². The van der Waals surface area contributed by atoms with E-state index in [2.05, 4.69) is 16.2 Å². The van der Waals surface area contributed by atoms with Crippen LogP contribution in [0.2, 0.25) is 0 Å². The fourth-order valence-electron chi connectivity index (χ4n) is 1.53. The van der Waals surface area contributed by atoms with Crippen LogP contribution in [0, 0.1) is 12.3 Å². The molecule has 2 aromatic rings. The van der Waals surface area contributed by atoms with Crippen LogP contribution in [0.4, 0.5) is 5.69 Å². The molecule has 3 nitrogen and oxygen atoms in total. The van der Waals surface area contributed by atoms with Crippen molar-refractivity contribution in [3.63, 3.8) is 0 Å². The number of benzene rings is 1. The molecule has 0 atom stereocenters. The van der Waals surface area contributed by atoms with E-state index in [1.807, 2.05) is 42.1 Å². The van der Waals surface area contributed by atoms with E-state index in [0.717, 1.165) is 17.1 Å². The van der Waals surface area contributed by atoms with Crippen LogP contribution in [0.25, 0.3) is 11.4 Å². The van der Waals surface area contributed by atoms with Crippen LogP contribution in [-0.4, -0.2) is 16.1 Å². The third-order valence-electron chi connectivity index (χ3n) is 2.36. The maximum atomic E-state index is 5.18. The number of aromatic nitrogens is 2. The summed E-state index contributed by atoms with van der Waals surface area (Å²) in [7, 11) is 1.98. The molecule has 80 valence electrons. The summed E-state index contributed by atoms with van der Waals surface area (Å²) in [5, 5.41) is 3.12. The second kappa shape index (κ2) is 4.54. The third-order valence-corrected chi connectivity index (χ3v) is 2.36. The molecule has 0 amide bonds. The Labute approximate surface area is 95.1 Å². The number of nitrogens with zero attached hydrogens (tertiary/aromatic N) is 2. The number of aryl methyl sites for hydroxylation is 1. The Bertz CT molecular complexity index is 503. The summed E-state index contributed by atoms with van der Waals surface area (Å²) in [6, 6.07) is 8.06. The fraction of sp³-hybridized carbons (Fsp3) is 0.154. The predicted molar refractivity (Wildman–Crippen MR) is 66.0 cm³/mol. The van der Waals surface area contributed by atoms with E-state index in [1.165, 1.54) is 0 Å². The Hall–Kier alpha value is -2.21. The number of hydrogen-bond donors (Lipinski definition) is 1. The first kappa shape index (κ1) is 10.3.